The van der Waals surface area contributed by atoms with Gasteiger partial charge in [0.15, 0.2) is 5.13 Å². The van der Waals surface area contributed by atoms with Gasteiger partial charge in [-0.25, -0.2) is 14.8 Å². The Labute approximate surface area is 182 Å². The van der Waals surface area contributed by atoms with Crippen molar-refractivity contribution in [3.63, 3.8) is 0 Å². The van der Waals surface area contributed by atoms with Gasteiger partial charge in [0, 0.05) is 29.3 Å². The van der Waals surface area contributed by atoms with E-state index in [1.165, 1.54) is 29.7 Å². The van der Waals surface area contributed by atoms with Crippen LogP contribution in [0, 0.1) is 0 Å². The Morgan fingerprint density at radius 3 is 2.77 bits per heavy atom. The van der Waals surface area contributed by atoms with E-state index in [1.807, 2.05) is 42.6 Å². The van der Waals surface area contributed by atoms with E-state index in [0.717, 1.165) is 17.7 Å². The molecule has 0 saturated carbocycles. The molecule has 0 saturated heterocycles. The predicted molar refractivity (Wildman–Crippen MR) is 124 cm³/mol. The standard InChI is InChI=1S/C20H22N6O2S2/c1-4-6-11(2)17(27)23-13-8-5-7-12(9-13)14-10-29-18(24-14)15-16(21)25-20(30-15)26-19(28)22-3/h5-10H,4,21H2,1-3H3,(H,23,27)(H2,22,25,26,28)/b11-6+. The molecule has 0 aliphatic carbocycles. The third kappa shape index (κ3) is 5.02. The van der Waals surface area contributed by atoms with E-state index in [4.69, 9.17) is 5.73 Å². The lowest BCUT2D eigenvalue weighted by molar-refractivity contribution is -0.112. The number of carbonyl (C=O) groups excluding carboxylic acids is 2. The molecular weight excluding hydrogens is 420 g/mol. The molecular formula is C20H22N6O2S2. The van der Waals surface area contributed by atoms with Crippen molar-refractivity contribution in [1.29, 1.82) is 0 Å². The van der Waals surface area contributed by atoms with Gasteiger partial charge in [-0.3, -0.25) is 10.1 Å². The first kappa shape index (κ1) is 21.5. The SMILES string of the molecule is CC/C=C(\C)C(=O)Nc1cccc(-c2csc(-c3sc(NC(=O)NC)nc3N)n2)c1. The van der Waals surface area contributed by atoms with Crippen molar-refractivity contribution >= 4 is 51.2 Å². The predicted octanol–water partition coefficient (Wildman–Crippen LogP) is 4.56. The fourth-order valence-electron chi connectivity index (χ4n) is 2.59. The van der Waals surface area contributed by atoms with Crippen LogP contribution in [0.2, 0.25) is 0 Å². The third-order valence-corrected chi connectivity index (χ3v) is 6.07. The Morgan fingerprint density at radius 2 is 2.03 bits per heavy atom. The number of urea groups is 1. The van der Waals surface area contributed by atoms with Gasteiger partial charge in [-0.1, -0.05) is 36.5 Å². The fourth-order valence-corrected chi connectivity index (χ4v) is 4.40. The molecule has 0 spiro atoms. The van der Waals surface area contributed by atoms with Gasteiger partial charge in [0.25, 0.3) is 5.91 Å². The van der Waals surface area contributed by atoms with Crippen molar-refractivity contribution in [2.75, 3.05) is 23.4 Å². The number of thiazole rings is 2. The summed E-state index contributed by atoms with van der Waals surface area (Å²) in [5.74, 6) is 0.188. The summed E-state index contributed by atoms with van der Waals surface area (Å²) in [4.78, 5) is 33.2. The zero-order valence-corrected chi connectivity index (χ0v) is 18.4. The molecule has 10 heteroatoms. The summed E-state index contributed by atoms with van der Waals surface area (Å²) in [5, 5.41) is 11.0. The number of rotatable bonds is 6. The minimum absolute atomic E-state index is 0.124. The topological polar surface area (TPSA) is 122 Å². The lowest BCUT2D eigenvalue weighted by Crippen LogP contribution is -2.24. The highest BCUT2D eigenvalue weighted by Gasteiger charge is 2.16. The maximum Gasteiger partial charge on any atom is 0.320 e. The Morgan fingerprint density at radius 1 is 1.23 bits per heavy atom. The summed E-state index contributed by atoms with van der Waals surface area (Å²) in [7, 11) is 1.53. The number of carbonyl (C=O) groups is 2. The molecule has 8 nitrogen and oxygen atoms in total. The molecule has 0 aliphatic rings. The van der Waals surface area contributed by atoms with Gasteiger partial charge in [0.2, 0.25) is 0 Å². The van der Waals surface area contributed by atoms with Crippen molar-refractivity contribution < 1.29 is 9.59 Å². The second kappa shape index (κ2) is 9.51. The van der Waals surface area contributed by atoms with Crippen molar-refractivity contribution in [3.8, 4) is 21.1 Å². The Kier molecular flexibility index (Phi) is 6.80. The molecule has 0 aliphatic heterocycles. The maximum atomic E-state index is 12.2. The Bertz CT molecular complexity index is 1100. The van der Waals surface area contributed by atoms with E-state index in [0.29, 0.717) is 32.1 Å². The van der Waals surface area contributed by atoms with Crippen LogP contribution in [-0.4, -0.2) is 29.0 Å². The average Bonchev–Trinajstić information content (AvgIpc) is 3.35. The van der Waals surface area contributed by atoms with Crippen LogP contribution in [0.4, 0.5) is 21.4 Å². The van der Waals surface area contributed by atoms with Crippen molar-refractivity contribution in [2.45, 2.75) is 20.3 Å². The quantitative estimate of drug-likeness (QED) is 0.417. The van der Waals surface area contributed by atoms with E-state index in [9.17, 15) is 9.59 Å². The second-order valence-corrected chi connectivity index (χ2v) is 8.16. The molecule has 0 fully saturated rings. The lowest BCUT2D eigenvalue weighted by Gasteiger charge is -2.07. The summed E-state index contributed by atoms with van der Waals surface area (Å²) >= 11 is 2.70. The van der Waals surface area contributed by atoms with Gasteiger partial charge in [-0.15, -0.1) is 11.3 Å². The van der Waals surface area contributed by atoms with Crippen LogP contribution in [0.25, 0.3) is 21.1 Å². The van der Waals surface area contributed by atoms with E-state index in [2.05, 4.69) is 25.9 Å². The zero-order chi connectivity index (χ0) is 21.7. The summed E-state index contributed by atoms with van der Waals surface area (Å²) in [5.41, 5.74) is 9.03. The van der Waals surface area contributed by atoms with E-state index in [1.54, 1.807) is 6.92 Å². The second-order valence-electron chi connectivity index (χ2n) is 6.31. The molecule has 0 radical (unpaired) electrons. The van der Waals surface area contributed by atoms with Crippen LogP contribution in [0.15, 0.2) is 41.3 Å². The van der Waals surface area contributed by atoms with Gasteiger partial charge >= 0.3 is 6.03 Å². The number of anilines is 3. The van der Waals surface area contributed by atoms with Gasteiger partial charge < -0.3 is 16.4 Å². The summed E-state index contributed by atoms with van der Waals surface area (Å²) < 4.78 is 0. The molecule has 3 amide bonds. The summed E-state index contributed by atoms with van der Waals surface area (Å²) in [6.45, 7) is 3.78. The van der Waals surface area contributed by atoms with Gasteiger partial charge in [-0.2, -0.15) is 0 Å². The molecule has 1 aromatic carbocycles. The van der Waals surface area contributed by atoms with Crippen LogP contribution >= 0.6 is 22.7 Å². The van der Waals surface area contributed by atoms with Crippen LogP contribution in [0.1, 0.15) is 20.3 Å². The monoisotopic (exact) mass is 442 g/mol. The van der Waals surface area contributed by atoms with E-state index >= 15 is 0 Å². The minimum atomic E-state index is -0.363. The highest BCUT2D eigenvalue weighted by molar-refractivity contribution is 7.23. The highest BCUT2D eigenvalue weighted by Crippen LogP contribution is 2.38. The maximum absolute atomic E-state index is 12.2. The number of hydrogen-bond donors (Lipinski definition) is 4. The zero-order valence-electron chi connectivity index (χ0n) is 16.8. The fraction of sp³-hybridized carbons (Fsp3) is 0.200. The van der Waals surface area contributed by atoms with Crippen LogP contribution < -0.4 is 21.7 Å². The number of nitrogens with one attached hydrogen (secondary N) is 3. The Hall–Kier alpha value is -3.24. The van der Waals surface area contributed by atoms with Crippen LogP contribution in [0.5, 0.6) is 0 Å². The third-order valence-electron chi connectivity index (χ3n) is 4.08. The number of allylic oxidation sites excluding steroid dienone is 1. The van der Waals surface area contributed by atoms with E-state index < -0.39 is 0 Å². The lowest BCUT2D eigenvalue weighted by atomic mass is 10.1. The van der Waals surface area contributed by atoms with Crippen LogP contribution in [0.3, 0.4) is 0 Å². The number of nitrogens with two attached hydrogens (primary N) is 1. The number of aromatic nitrogens is 2. The Balaban J connectivity index is 1.81. The van der Waals surface area contributed by atoms with Gasteiger partial charge in [0.05, 0.1) is 5.69 Å². The normalized spacial score (nSPS) is 11.2. The first-order valence-electron chi connectivity index (χ1n) is 9.20. The number of nitrogen functional groups attached to an aromatic ring is 1. The van der Waals surface area contributed by atoms with Crippen LogP contribution in [-0.2, 0) is 4.79 Å². The number of benzene rings is 1. The van der Waals surface area contributed by atoms with Gasteiger partial charge in [0.1, 0.15) is 15.7 Å². The molecule has 156 valence electrons. The largest absolute Gasteiger partial charge is 0.382 e. The summed E-state index contributed by atoms with van der Waals surface area (Å²) in [6.07, 6.45) is 2.70. The van der Waals surface area contributed by atoms with Gasteiger partial charge in [-0.05, 0) is 25.5 Å². The molecule has 0 unspecified atom stereocenters. The average molecular weight is 443 g/mol. The highest BCUT2D eigenvalue weighted by atomic mass is 32.1. The first-order valence-corrected chi connectivity index (χ1v) is 10.9. The molecule has 5 N–H and O–H groups in total. The molecule has 2 heterocycles. The molecule has 3 rings (SSSR count). The smallest absolute Gasteiger partial charge is 0.320 e. The van der Waals surface area contributed by atoms with Crippen molar-refractivity contribution in [3.05, 3.63) is 41.3 Å². The molecule has 3 aromatic rings. The molecule has 0 bridgehead atoms. The van der Waals surface area contributed by atoms with Crippen molar-refractivity contribution in [2.24, 2.45) is 0 Å². The first-order chi connectivity index (χ1) is 14.4. The molecule has 30 heavy (non-hydrogen) atoms. The number of amides is 3. The number of hydrogen-bond acceptors (Lipinski definition) is 7. The molecule has 2 aromatic heterocycles. The number of nitrogens with zero attached hydrogens (tertiary/aromatic N) is 2. The van der Waals surface area contributed by atoms with Crippen molar-refractivity contribution in [1.82, 2.24) is 15.3 Å². The van der Waals surface area contributed by atoms with E-state index in [-0.39, 0.29) is 11.9 Å². The summed E-state index contributed by atoms with van der Waals surface area (Å²) in [6, 6.07) is 7.15. The minimum Gasteiger partial charge on any atom is -0.382 e. The molecule has 0 atom stereocenters.